The molecule has 2 unspecified atom stereocenters. The molecule has 1 saturated carbocycles. The first kappa shape index (κ1) is 14.7. The van der Waals surface area contributed by atoms with Gasteiger partial charge in [-0.1, -0.05) is 12.5 Å². The molecule has 1 aromatic rings. The van der Waals surface area contributed by atoms with E-state index in [4.69, 9.17) is 5.73 Å². The lowest BCUT2D eigenvalue weighted by Crippen LogP contribution is -2.28. The molecule has 0 bridgehead atoms. The van der Waals surface area contributed by atoms with E-state index in [1.807, 2.05) is 18.2 Å². The van der Waals surface area contributed by atoms with Crippen molar-refractivity contribution in [1.29, 1.82) is 0 Å². The molecule has 5 heteroatoms. The second-order valence-electron chi connectivity index (χ2n) is 5.38. The Labute approximate surface area is 119 Å². The third-order valence-corrected chi connectivity index (χ3v) is 6.78. The monoisotopic (exact) mass is 299 g/mol. The number of benzene rings is 1. The van der Waals surface area contributed by atoms with Crippen LogP contribution in [0.2, 0.25) is 0 Å². The van der Waals surface area contributed by atoms with Gasteiger partial charge in [-0.25, -0.2) is 8.42 Å². The van der Waals surface area contributed by atoms with Crippen molar-refractivity contribution in [1.82, 2.24) is 0 Å². The highest BCUT2D eigenvalue weighted by atomic mass is 32.2. The molecule has 0 spiro atoms. The Kier molecular flexibility index (Phi) is 4.46. The summed E-state index contributed by atoms with van der Waals surface area (Å²) < 4.78 is 23.4. The zero-order valence-corrected chi connectivity index (χ0v) is 13.1. The van der Waals surface area contributed by atoms with E-state index in [9.17, 15) is 8.42 Å². The number of anilines is 1. The first-order valence-corrected chi connectivity index (χ1v) is 9.41. The normalized spacial score (nSPS) is 24.3. The van der Waals surface area contributed by atoms with Gasteiger partial charge in [0.1, 0.15) is 9.84 Å². The van der Waals surface area contributed by atoms with Crippen LogP contribution < -0.4 is 5.73 Å². The van der Waals surface area contributed by atoms with E-state index in [-0.39, 0.29) is 5.25 Å². The van der Waals surface area contributed by atoms with Gasteiger partial charge in [-0.05, 0) is 43.9 Å². The molecule has 0 heterocycles. The largest absolute Gasteiger partial charge is 0.399 e. The van der Waals surface area contributed by atoms with Gasteiger partial charge < -0.3 is 5.73 Å². The van der Waals surface area contributed by atoms with Crippen molar-refractivity contribution in [2.75, 3.05) is 12.0 Å². The first-order valence-electron chi connectivity index (χ1n) is 6.58. The number of hydrogen-bond donors (Lipinski definition) is 1. The van der Waals surface area contributed by atoms with Gasteiger partial charge in [-0.2, -0.15) is 0 Å². The molecule has 2 N–H and O–H groups in total. The van der Waals surface area contributed by atoms with E-state index in [1.165, 1.54) is 16.7 Å². The maximum absolute atomic E-state index is 11.7. The molecule has 0 aromatic heterocycles. The van der Waals surface area contributed by atoms with Gasteiger partial charge in [0, 0.05) is 22.1 Å². The molecule has 3 nitrogen and oxygen atoms in total. The maximum atomic E-state index is 11.7. The van der Waals surface area contributed by atoms with Crippen molar-refractivity contribution >= 4 is 27.3 Å². The minimum atomic E-state index is -2.91. The van der Waals surface area contributed by atoms with Gasteiger partial charge in [0.25, 0.3) is 0 Å². The number of hydrogen-bond acceptors (Lipinski definition) is 4. The zero-order valence-electron chi connectivity index (χ0n) is 11.4. The molecule has 0 saturated heterocycles. The van der Waals surface area contributed by atoms with Crippen molar-refractivity contribution in [3.8, 4) is 0 Å². The van der Waals surface area contributed by atoms with Crippen LogP contribution in [0.1, 0.15) is 31.2 Å². The van der Waals surface area contributed by atoms with Crippen LogP contribution >= 0.6 is 11.8 Å². The quantitative estimate of drug-likeness (QED) is 0.872. The van der Waals surface area contributed by atoms with Crippen LogP contribution in [-0.2, 0) is 9.84 Å². The fraction of sp³-hybridized carbons (Fsp3) is 0.571. The van der Waals surface area contributed by atoms with E-state index in [1.54, 1.807) is 11.8 Å². The summed E-state index contributed by atoms with van der Waals surface area (Å²) in [5.41, 5.74) is 7.80. The molecule has 0 aliphatic heterocycles. The summed E-state index contributed by atoms with van der Waals surface area (Å²) >= 11 is 1.78. The average Bonchev–Trinajstić information content (AvgIpc) is 2.33. The van der Waals surface area contributed by atoms with Crippen LogP contribution in [0.3, 0.4) is 0 Å². The Morgan fingerprint density at radius 1 is 1.32 bits per heavy atom. The standard InChI is InChI=1S/C14H21NO2S2/c1-10-6-7-11(15)8-14(10)18-12-4-3-5-13(9-12)19(2,16)17/h6-8,12-13H,3-5,9,15H2,1-2H3. The molecule has 19 heavy (non-hydrogen) atoms. The van der Waals surface area contributed by atoms with Crippen molar-refractivity contribution in [2.45, 2.75) is 48.0 Å². The van der Waals surface area contributed by atoms with Crippen molar-refractivity contribution in [3.05, 3.63) is 23.8 Å². The van der Waals surface area contributed by atoms with Gasteiger partial charge in [-0.3, -0.25) is 0 Å². The number of sulfone groups is 1. The molecule has 1 aliphatic carbocycles. The molecule has 1 fully saturated rings. The highest BCUT2D eigenvalue weighted by molar-refractivity contribution is 8.00. The fourth-order valence-electron chi connectivity index (χ4n) is 2.52. The van der Waals surface area contributed by atoms with Crippen LogP contribution in [0.15, 0.2) is 23.1 Å². The second kappa shape index (κ2) is 5.75. The van der Waals surface area contributed by atoms with E-state index >= 15 is 0 Å². The van der Waals surface area contributed by atoms with Crippen molar-refractivity contribution in [2.24, 2.45) is 0 Å². The summed E-state index contributed by atoms with van der Waals surface area (Å²) in [6.07, 6.45) is 5.02. The summed E-state index contributed by atoms with van der Waals surface area (Å²) in [6, 6.07) is 5.91. The molecule has 1 aliphatic rings. The molecule has 2 rings (SSSR count). The third-order valence-electron chi connectivity index (χ3n) is 3.69. The fourth-order valence-corrected chi connectivity index (χ4v) is 5.25. The maximum Gasteiger partial charge on any atom is 0.150 e. The van der Waals surface area contributed by atoms with Gasteiger partial charge in [0.05, 0.1) is 5.25 Å². The zero-order chi connectivity index (χ0) is 14.0. The van der Waals surface area contributed by atoms with Crippen molar-refractivity contribution < 1.29 is 8.42 Å². The predicted octanol–water partition coefficient (Wildman–Crippen LogP) is 3.03. The van der Waals surface area contributed by atoms with Crippen LogP contribution in [0.25, 0.3) is 0 Å². The van der Waals surface area contributed by atoms with Gasteiger partial charge in [-0.15, -0.1) is 11.8 Å². The van der Waals surface area contributed by atoms with E-state index in [0.29, 0.717) is 5.25 Å². The van der Waals surface area contributed by atoms with E-state index in [2.05, 4.69) is 6.92 Å². The van der Waals surface area contributed by atoms with E-state index in [0.717, 1.165) is 31.4 Å². The third kappa shape index (κ3) is 3.89. The lowest BCUT2D eigenvalue weighted by atomic mass is 10.00. The number of nitrogens with two attached hydrogens (primary N) is 1. The highest BCUT2D eigenvalue weighted by Gasteiger charge is 2.29. The topological polar surface area (TPSA) is 60.2 Å². The molecular formula is C14H21NO2S2. The SMILES string of the molecule is Cc1ccc(N)cc1SC1CCCC(S(C)(=O)=O)C1. The molecular weight excluding hydrogens is 278 g/mol. The molecule has 0 amide bonds. The lowest BCUT2D eigenvalue weighted by molar-refractivity contribution is 0.495. The predicted molar refractivity (Wildman–Crippen MR) is 82.3 cm³/mol. The molecule has 1 aromatic carbocycles. The van der Waals surface area contributed by atoms with Crippen LogP contribution in [-0.4, -0.2) is 25.2 Å². The number of rotatable bonds is 3. The summed E-state index contributed by atoms with van der Waals surface area (Å²) in [5.74, 6) is 0. The average molecular weight is 299 g/mol. The Hall–Kier alpha value is -0.680. The highest BCUT2D eigenvalue weighted by Crippen LogP contribution is 2.37. The van der Waals surface area contributed by atoms with E-state index < -0.39 is 9.84 Å². The molecule has 106 valence electrons. The number of aryl methyl sites for hydroxylation is 1. The summed E-state index contributed by atoms with van der Waals surface area (Å²) in [4.78, 5) is 1.18. The Morgan fingerprint density at radius 2 is 2.05 bits per heavy atom. The van der Waals surface area contributed by atoms with Gasteiger partial charge >= 0.3 is 0 Å². The summed E-state index contributed by atoms with van der Waals surface area (Å²) in [7, 11) is -2.91. The molecule has 2 atom stereocenters. The summed E-state index contributed by atoms with van der Waals surface area (Å²) in [5, 5.41) is 0.217. The Morgan fingerprint density at radius 3 is 2.74 bits per heavy atom. The van der Waals surface area contributed by atoms with Gasteiger partial charge in [0.2, 0.25) is 0 Å². The lowest BCUT2D eigenvalue weighted by Gasteiger charge is -2.28. The minimum Gasteiger partial charge on any atom is -0.399 e. The summed E-state index contributed by atoms with van der Waals surface area (Å²) in [6.45, 7) is 2.07. The van der Waals surface area contributed by atoms with Crippen LogP contribution in [0.4, 0.5) is 5.69 Å². The number of nitrogen functional groups attached to an aromatic ring is 1. The smallest absolute Gasteiger partial charge is 0.150 e. The Balaban J connectivity index is 2.09. The van der Waals surface area contributed by atoms with Crippen LogP contribution in [0.5, 0.6) is 0 Å². The first-order chi connectivity index (χ1) is 8.86. The van der Waals surface area contributed by atoms with Crippen molar-refractivity contribution in [3.63, 3.8) is 0 Å². The van der Waals surface area contributed by atoms with Crippen LogP contribution in [0, 0.1) is 6.92 Å². The van der Waals surface area contributed by atoms with Gasteiger partial charge in [0.15, 0.2) is 0 Å². The second-order valence-corrected chi connectivity index (χ2v) is 9.05. The molecule has 0 radical (unpaired) electrons. The number of thioether (sulfide) groups is 1. The minimum absolute atomic E-state index is 0.167. The Bertz CT molecular complexity index is 555.